The number of anilines is 1. The molecule has 0 aliphatic heterocycles. The molecule has 106 valence electrons. The standard InChI is InChI=1S/C13H16F3NO2/c1-8(2)3-4-19-12(18)9-5-10(13(14,15)16)7-11(17)6-9/h5-8H,3-4,17H2,1-2H3. The van der Waals surface area contributed by atoms with Crippen molar-refractivity contribution >= 4 is 11.7 Å². The van der Waals surface area contributed by atoms with E-state index in [1.807, 2.05) is 13.8 Å². The van der Waals surface area contributed by atoms with Crippen LogP contribution in [-0.2, 0) is 10.9 Å². The Kier molecular flexibility index (Phi) is 4.80. The van der Waals surface area contributed by atoms with Crippen LogP contribution in [0.4, 0.5) is 18.9 Å². The van der Waals surface area contributed by atoms with Crippen molar-refractivity contribution < 1.29 is 22.7 Å². The van der Waals surface area contributed by atoms with Crippen LogP contribution in [0.2, 0.25) is 0 Å². The number of carbonyl (C=O) groups excluding carboxylic acids is 1. The van der Waals surface area contributed by atoms with Crippen LogP contribution in [0.15, 0.2) is 18.2 Å². The van der Waals surface area contributed by atoms with Crippen LogP contribution in [0.25, 0.3) is 0 Å². The van der Waals surface area contributed by atoms with Gasteiger partial charge in [0.25, 0.3) is 0 Å². The number of nitrogens with two attached hydrogens (primary N) is 1. The Bertz CT molecular complexity index is 456. The van der Waals surface area contributed by atoms with Crippen LogP contribution in [-0.4, -0.2) is 12.6 Å². The lowest BCUT2D eigenvalue weighted by atomic mass is 10.1. The Morgan fingerprint density at radius 1 is 1.32 bits per heavy atom. The monoisotopic (exact) mass is 275 g/mol. The van der Waals surface area contributed by atoms with E-state index >= 15 is 0 Å². The largest absolute Gasteiger partial charge is 0.462 e. The van der Waals surface area contributed by atoms with Crippen LogP contribution >= 0.6 is 0 Å². The number of halogens is 3. The number of ether oxygens (including phenoxy) is 1. The Hall–Kier alpha value is -1.72. The average Bonchev–Trinajstić information content (AvgIpc) is 2.26. The summed E-state index contributed by atoms with van der Waals surface area (Å²) in [5, 5.41) is 0. The van der Waals surface area contributed by atoms with Crippen LogP contribution in [0.1, 0.15) is 36.2 Å². The summed E-state index contributed by atoms with van der Waals surface area (Å²) in [5.74, 6) is -0.446. The molecule has 3 nitrogen and oxygen atoms in total. The van der Waals surface area contributed by atoms with Gasteiger partial charge in [-0.15, -0.1) is 0 Å². The highest BCUT2D eigenvalue weighted by Gasteiger charge is 2.31. The van der Waals surface area contributed by atoms with E-state index in [-0.39, 0.29) is 17.9 Å². The molecular weight excluding hydrogens is 259 g/mol. The quantitative estimate of drug-likeness (QED) is 0.676. The number of nitrogen functional groups attached to an aromatic ring is 1. The van der Waals surface area contributed by atoms with Gasteiger partial charge in [0, 0.05) is 5.69 Å². The molecule has 1 rings (SSSR count). The molecule has 6 heteroatoms. The molecule has 1 aromatic rings. The van der Waals surface area contributed by atoms with Gasteiger partial charge in [-0.1, -0.05) is 13.8 Å². The normalized spacial score (nSPS) is 11.7. The van der Waals surface area contributed by atoms with E-state index in [4.69, 9.17) is 10.5 Å². The maximum atomic E-state index is 12.6. The van der Waals surface area contributed by atoms with Gasteiger partial charge in [0.2, 0.25) is 0 Å². The third kappa shape index (κ3) is 4.81. The fraction of sp³-hybridized carbons (Fsp3) is 0.462. The maximum Gasteiger partial charge on any atom is 0.416 e. The molecule has 0 spiro atoms. The van der Waals surface area contributed by atoms with Crippen molar-refractivity contribution in [3.8, 4) is 0 Å². The van der Waals surface area contributed by atoms with Gasteiger partial charge in [-0.2, -0.15) is 13.2 Å². The minimum absolute atomic E-state index is 0.120. The molecule has 2 N–H and O–H groups in total. The summed E-state index contributed by atoms with van der Waals surface area (Å²) in [7, 11) is 0. The third-order valence-corrected chi connectivity index (χ3v) is 2.45. The molecule has 0 aromatic heterocycles. The highest BCUT2D eigenvalue weighted by molar-refractivity contribution is 5.90. The van der Waals surface area contributed by atoms with Crippen molar-refractivity contribution in [3.05, 3.63) is 29.3 Å². The summed E-state index contributed by atoms with van der Waals surface area (Å²) in [5.41, 5.74) is 4.10. The molecule has 0 amide bonds. The van der Waals surface area contributed by atoms with E-state index in [0.717, 1.165) is 12.1 Å². The average molecular weight is 275 g/mol. The first kappa shape index (κ1) is 15.3. The summed E-state index contributed by atoms with van der Waals surface area (Å²) in [6.45, 7) is 4.08. The summed E-state index contributed by atoms with van der Waals surface area (Å²) < 4.78 is 42.6. The minimum atomic E-state index is -4.54. The number of hydrogen-bond donors (Lipinski definition) is 1. The van der Waals surface area contributed by atoms with E-state index in [1.54, 1.807) is 0 Å². The van der Waals surface area contributed by atoms with E-state index in [2.05, 4.69) is 0 Å². The predicted molar refractivity (Wildman–Crippen MR) is 65.6 cm³/mol. The molecule has 0 aliphatic rings. The lowest BCUT2D eigenvalue weighted by molar-refractivity contribution is -0.137. The highest BCUT2D eigenvalue weighted by atomic mass is 19.4. The van der Waals surface area contributed by atoms with Gasteiger partial charge in [-0.3, -0.25) is 0 Å². The van der Waals surface area contributed by atoms with E-state index in [0.29, 0.717) is 12.3 Å². The predicted octanol–water partition coefficient (Wildman–Crippen LogP) is 3.49. The number of carbonyl (C=O) groups is 1. The fourth-order valence-corrected chi connectivity index (χ4v) is 1.40. The molecule has 0 radical (unpaired) electrons. The van der Waals surface area contributed by atoms with Crippen molar-refractivity contribution in [1.82, 2.24) is 0 Å². The Morgan fingerprint density at radius 3 is 2.47 bits per heavy atom. The lowest BCUT2D eigenvalue weighted by Gasteiger charge is -2.11. The second-order valence-corrected chi connectivity index (χ2v) is 4.66. The van der Waals surface area contributed by atoms with Crippen molar-refractivity contribution in [3.63, 3.8) is 0 Å². The fourth-order valence-electron chi connectivity index (χ4n) is 1.40. The Balaban J connectivity index is 2.83. The first-order valence-corrected chi connectivity index (χ1v) is 5.85. The first-order valence-electron chi connectivity index (χ1n) is 5.85. The summed E-state index contributed by atoms with van der Waals surface area (Å²) in [6, 6.07) is 2.70. The van der Waals surface area contributed by atoms with E-state index in [9.17, 15) is 18.0 Å². The van der Waals surface area contributed by atoms with Crippen LogP contribution in [0, 0.1) is 5.92 Å². The third-order valence-electron chi connectivity index (χ3n) is 2.45. The summed E-state index contributed by atoms with van der Waals surface area (Å²) in [4.78, 5) is 11.6. The second kappa shape index (κ2) is 5.95. The van der Waals surface area contributed by atoms with Gasteiger partial charge >= 0.3 is 12.1 Å². The Morgan fingerprint density at radius 2 is 1.95 bits per heavy atom. The van der Waals surface area contributed by atoms with E-state index in [1.165, 1.54) is 6.07 Å². The number of hydrogen-bond acceptors (Lipinski definition) is 3. The molecule has 0 saturated carbocycles. The van der Waals surface area contributed by atoms with Gasteiger partial charge < -0.3 is 10.5 Å². The molecule has 0 fully saturated rings. The highest BCUT2D eigenvalue weighted by Crippen LogP contribution is 2.31. The topological polar surface area (TPSA) is 52.3 Å². The minimum Gasteiger partial charge on any atom is -0.462 e. The Labute approximate surface area is 109 Å². The van der Waals surface area contributed by atoms with Gasteiger partial charge in [-0.25, -0.2) is 4.79 Å². The van der Waals surface area contributed by atoms with E-state index < -0.39 is 17.7 Å². The number of rotatable bonds is 4. The molecule has 0 aliphatic carbocycles. The molecule has 0 atom stereocenters. The maximum absolute atomic E-state index is 12.6. The molecule has 0 unspecified atom stereocenters. The number of esters is 1. The molecule has 0 saturated heterocycles. The zero-order valence-electron chi connectivity index (χ0n) is 10.8. The van der Waals surface area contributed by atoms with Crippen LogP contribution < -0.4 is 5.73 Å². The van der Waals surface area contributed by atoms with Crippen LogP contribution in [0.3, 0.4) is 0 Å². The van der Waals surface area contributed by atoms with Gasteiger partial charge in [0.15, 0.2) is 0 Å². The van der Waals surface area contributed by atoms with Crippen molar-refractivity contribution in [1.29, 1.82) is 0 Å². The lowest BCUT2D eigenvalue weighted by Crippen LogP contribution is -2.12. The van der Waals surface area contributed by atoms with Crippen molar-refractivity contribution in [2.24, 2.45) is 5.92 Å². The molecule has 0 heterocycles. The number of benzene rings is 1. The summed E-state index contributed by atoms with van der Waals surface area (Å²) >= 11 is 0. The smallest absolute Gasteiger partial charge is 0.416 e. The van der Waals surface area contributed by atoms with Gasteiger partial charge in [-0.05, 0) is 30.5 Å². The molecule has 19 heavy (non-hydrogen) atoms. The molecular formula is C13H16F3NO2. The SMILES string of the molecule is CC(C)CCOC(=O)c1cc(N)cc(C(F)(F)F)c1. The van der Waals surface area contributed by atoms with Crippen LogP contribution in [0.5, 0.6) is 0 Å². The second-order valence-electron chi connectivity index (χ2n) is 4.66. The van der Waals surface area contributed by atoms with Gasteiger partial charge in [0.1, 0.15) is 0 Å². The van der Waals surface area contributed by atoms with Crippen molar-refractivity contribution in [2.45, 2.75) is 26.4 Å². The first-order chi connectivity index (χ1) is 8.70. The number of alkyl halides is 3. The zero-order valence-corrected chi connectivity index (χ0v) is 10.8. The zero-order chi connectivity index (χ0) is 14.6. The summed E-state index contributed by atoms with van der Waals surface area (Å²) in [6.07, 6.45) is -3.89. The molecule has 1 aromatic carbocycles. The van der Waals surface area contributed by atoms with Crippen molar-refractivity contribution in [2.75, 3.05) is 12.3 Å². The molecule has 0 bridgehead atoms. The van der Waals surface area contributed by atoms with Gasteiger partial charge in [0.05, 0.1) is 17.7 Å².